The third kappa shape index (κ3) is 3.23. The fourth-order valence-corrected chi connectivity index (χ4v) is 5.05. The van der Waals surface area contributed by atoms with Crippen molar-refractivity contribution in [2.45, 2.75) is 13.5 Å². The Morgan fingerprint density at radius 2 is 1.69 bits per heavy atom. The van der Waals surface area contributed by atoms with Gasteiger partial charge in [0.15, 0.2) is 5.78 Å². The predicted octanol–water partition coefficient (Wildman–Crippen LogP) is 4.53. The number of ketones is 1. The lowest BCUT2D eigenvalue weighted by Crippen LogP contribution is -2.38. The molecule has 0 saturated carbocycles. The Morgan fingerprint density at radius 3 is 2.44 bits per heavy atom. The second-order valence-electron chi connectivity index (χ2n) is 7.60. The van der Waals surface area contributed by atoms with Crippen molar-refractivity contribution in [1.29, 1.82) is 0 Å². The highest BCUT2D eigenvalue weighted by atomic mass is 32.1. The molecule has 1 N–H and O–H groups in total. The summed E-state index contributed by atoms with van der Waals surface area (Å²) in [7, 11) is 0. The summed E-state index contributed by atoms with van der Waals surface area (Å²) in [5.74, 6) is 0.0100. The summed E-state index contributed by atoms with van der Waals surface area (Å²) in [5, 5.41) is 10.9. The number of carbonyl (C=O) groups is 1. The molecule has 7 heteroatoms. The van der Waals surface area contributed by atoms with Gasteiger partial charge in [0, 0.05) is 15.6 Å². The van der Waals surface area contributed by atoms with Gasteiger partial charge in [-0.25, -0.2) is 4.79 Å². The molecule has 2 aromatic heterocycles. The molecule has 0 unspecified atom stereocenters. The Kier molecular flexibility index (Phi) is 4.75. The number of thiophene rings is 1. The third-order valence-electron chi connectivity index (χ3n) is 5.53. The summed E-state index contributed by atoms with van der Waals surface area (Å²) in [6, 6.07) is 22.6. The minimum Gasteiger partial charge on any atom is -0.421 e. The van der Waals surface area contributed by atoms with Gasteiger partial charge >= 0.3 is 11.2 Å². The molecule has 0 aliphatic rings. The van der Waals surface area contributed by atoms with E-state index < -0.39 is 11.2 Å². The van der Waals surface area contributed by atoms with Crippen LogP contribution in [0.1, 0.15) is 22.8 Å². The third-order valence-corrected chi connectivity index (χ3v) is 6.68. The first-order valence-corrected chi connectivity index (χ1v) is 10.8. The highest BCUT2D eigenvalue weighted by molar-refractivity contribution is 7.25. The second-order valence-corrected chi connectivity index (χ2v) is 8.65. The van der Waals surface area contributed by atoms with E-state index in [1.807, 2.05) is 60.7 Å². The molecule has 0 radical (unpaired) electrons. The molecule has 32 heavy (non-hydrogen) atoms. The molecule has 6 nitrogen and oxygen atoms in total. The average Bonchev–Trinajstić information content (AvgIpc) is 3.20. The van der Waals surface area contributed by atoms with Crippen molar-refractivity contribution in [2.24, 2.45) is 0 Å². The molecule has 5 aromatic rings. The Labute approximate surface area is 186 Å². The molecule has 2 heterocycles. The maximum absolute atomic E-state index is 12.9. The molecule has 0 atom stereocenters. The van der Waals surface area contributed by atoms with Gasteiger partial charge in [-0.3, -0.25) is 14.2 Å². The van der Waals surface area contributed by atoms with Gasteiger partial charge in [0.1, 0.15) is 4.70 Å². The zero-order valence-corrected chi connectivity index (χ0v) is 17.9. The first-order valence-electron chi connectivity index (χ1n) is 10.0. The van der Waals surface area contributed by atoms with Crippen LogP contribution in [0.4, 0.5) is 0 Å². The standard InChI is InChI=1S/C25H18N2O4S/c1-15(28)17-9-11-18(12-10-17)19-6-4-5-16(13-19)14-26-22-20-7-2-3-8-21(20)32-23(22)24(29)27(31)25(26)30/h2-13,31H,14H2,1H3. The second kappa shape index (κ2) is 7.62. The summed E-state index contributed by atoms with van der Waals surface area (Å²) in [5.41, 5.74) is 2.42. The zero-order valence-electron chi connectivity index (χ0n) is 17.1. The summed E-state index contributed by atoms with van der Waals surface area (Å²) in [6.45, 7) is 1.72. The molecule has 0 fully saturated rings. The Balaban J connectivity index is 1.64. The number of carbonyl (C=O) groups excluding carboxylic acids is 1. The number of aromatic nitrogens is 2. The lowest BCUT2D eigenvalue weighted by Gasteiger charge is -2.11. The molecule has 0 spiro atoms. The zero-order chi connectivity index (χ0) is 22.4. The van der Waals surface area contributed by atoms with Gasteiger partial charge in [0.25, 0.3) is 0 Å². The minimum atomic E-state index is -0.776. The van der Waals surface area contributed by atoms with Crippen LogP contribution in [0.5, 0.6) is 0 Å². The van der Waals surface area contributed by atoms with Crippen molar-refractivity contribution in [2.75, 3.05) is 0 Å². The molecule has 0 aliphatic heterocycles. The van der Waals surface area contributed by atoms with Crippen LogP contribution in [0.25, 0.3) is 31.4 Å². The van der Waals surface area contributed by atoms with E-state index in [2.05, 4.69) is 0 Å². The minimum absolute atomic E-state index is 0.0100. The number of fused-ring (bicyclic) bond motifs is 3. The van der Waals surface area contributed by atoms with E-state index in [-0.39, 0.29) is 17.1 Å². The Morgan fingerprint density at radius 1 is 0.938 bits per heavy atom. The van der Waals surface area contributed by atoms with Crippen molar-refractivity contribution >= 4 is 37.4 Å². The number of hydrogen-bond donors (Lipinski definition) is 1. The highest BCUT2D eigenvalue weighted by Crippen LogP contribution is 2.31. The van der Waals surface area contributed by atoms with E-state index in [4.69, 9.17) is 0 Å². The van der Waals surface area contributed by atoms with Crippen molar-refractivity contribution in [3.05, 3.63) is 105 Å². The van der Waals surface area contributed by atoms with Crippen LogP contribution >= 0.6 is 11.3 Å². The SMILES string of the molecule is CC(=O)c1ccc(-c2cccc(Cn3c(=O)n(O)c(=O)c4sc5ccccc5c43)c2)cc1. The van der Waals surface area contributed by atoms with Gasteiger partial charge in [-0.15, -0.1) is 11.3 Å². The van der Waals surface area contributed by atoms with Crippen LogP contribution in [-0.2, 0) is 6.54 Å². The fraction of sp³-hybridized carbons (Fsp3) is 0.0800. The average molecular weight is 442 g/mol. The predicted molar refractivity (Wildman–Crippen MR) is 126 cm³/mol. The van der Waals surface area contributed by atoms with E-state index in [1.54, 1.807) is 12.1 Å². The van der Waals surface area contributed by atoms with Gasteiger partial charge in [0.05, 0.1) is 12.1 Å². The van der Waals surface area contributed by atoms with Crippen LogP contribution in [0.15, 0.2) is 82.4 Å². The van der Waals surface area contributed by atoms with E-state index in [1.165, 1.54) is 22.8 Å². The van der Waals surface area contributed by atoms with Gasteiger partial charge in [-0.2, -0.15) is 0 Å². The number of benzene rings is 3. The maximum atomic E-state index is 12.9. The van der Waals surface area contributed by atoms with Gasteiger partial charge in [0.2, 0.25) is 0 Å². The van der Waals surface area contributed by atoms with Crippen molar-refractivity contribution in [3.8, 4) is 11.1 Å². The number of Topliss-reactive ketones (excluding diaryl/α,β-unsaturated/α-hetero) is 1. The molecule has 0 aliphatic carbocycles. The molecular formula is C25H18N2O4S. The molecule has 0 amide bonds. The number of hydrogen-bond acceptors (Lipinski definition) is 5. The first kappa shape index (κ1) is 20.0. The van der Waals surface area contributed by atoms with E-state index >= 15 is 0 Å². The van der Waals surface area contributed by atoms with Crippen LogP contribution in [0, 0.1) is 0 Å². The quantitative estimate of drug-likeness (QED) is 0.327. The van der Waals surface area contributed by atoms with Crippen molar-refractivity contribution < 1.29 is 10.0 Å². The van der Waals surface area contributed by atoms with Crippen molar-refractivity contribution in [3.63, 3.8) is 0 Å². The molecule has 3 aromatic carbocycles. The molecule has 5 rings (SSSR count). The summed E-state index contributed by atoms with van der Waals surface area (Å²) >= 11 is 1.26. The summed E-state index contributed by atoms with van der Waals surface area (Å²) in [4.78, 5) is 36.9. The van der Waals surface area contributed by atoms with Crippen LogP contribution in [-0.4, -0.2) is 20.3 Å². The number of nitrogens with zero attached hydrogens (tertiary/aromatic N) is 2. The topological polar surface area (TPSA) is 81.3 Å². The molecule has 0 bridgehead atoms. The number of rotatable bonds is 4. The van der Waals surface area contributed by atoms with E-state index in [0.717, 1.165) is 26.8 Å². The van der Waals surface area contributed by atoms with E-state index in [0.29, 0.717) is 15.8 Å². The molecule has 0 saturated heterocycles. The monoisotopic (exact) mass is 442 g/mol. The van der Waals surface area contributed by atoms with Crippen molar-refractivity contribution in [1.82, 2.24) is 9.30 Å². The lowest BCUT2D eigenvalue weighted by molar-refractivity contribution is 0.101. The van der Waals surface area contributed by atoms with E-state index in [9.17, 15) is 19.6 Å². The summed E-state index contributed by atoms with van der Waals surface area (Å²) in [6.07, 6.45) is 0. The summed E-state index contributed by atoms with van der Waals surface area (Å²) < 4.78 is 2.83. The Bertz CT molecular complexity index is 1620. The van der Waals surface area contributed by atoms with Gasteiger partial charge < -0.3 is 5.21 Å². The van der Waals surface area contributed by atoms with Gasteiger partial charge in [-0.1, -0.05) is 65.4 Å². The molecule has 158 valence electrons. The highest BCUT2D eigenvalue weighted by Gasteiger charge is 2.18. The van der Waals surface area contributed by atoms with Crippen LogP contribution in [0.3, 0.4) is 0 Å². The van der Waals surface area contributed by atoms with Gasteiger partial charge in [-0.05, 0) is 35.7 Å². The fourth-order valence-electron chi connectivity index (χ4n) is 3.91. The smallest absolute Gasteiger partial charge is 0.365 e. The van der Waals surface area contributed by atoms with Crippen LogP contribution in [0.2, 0.25) is 0 Å². The Hall–Kier alpha value is -3.97. The van der Waals surface area contributed by atoms with Crippen LogP contribution < -0.4 is 11.2 Å². The normalized spacial score (nSPS) is 11.3. The lowest BCUT2D eigenvalue weighted by atomic mass is 10.0. The first-order chi connectivity index (χ1) is 15.4. The largest absolute Gasteiger partial charge is 0.421 e. The molecular weight excluding hydrogens is 424 g/mol. The maximum Gasteiger partial charge on any atom is 0.365 e.